The topological polar surface area (TPSA) is 101 Å². The zero-order valence-electron chi connectivity index (χ0n) is 12.4. The summed E-state index contributed by atoms with van der Waals surface area (Å²) in [7, 11) is -3.41. The molecule has 6 nitrogen and oxygen atoms in total. The van der Waals surface area contributed by atoms with E-state index in [1.165, 1.54) is 24.3 Å². The normalized spacial score (nSPS) is 16.9. The molecule has 0 aliphatic heterocycles. The lowest BCUT2D eigenvalue weighted by atomic mass is 10.2. The van der Waals surface area contributed by atoms with Crippen LogP contribution in [-0.2, 0) is 14.6 Å². The maximum absolute atomic E-state index is 12.5. The summed E-state index contributed by atoms with van der Waals surface area (Å²) in [6.07, 6.45) is 3.07. The molecule has 1 atom stereocenters. The fourth-order valence-corrected chi connectivity index (χ4v) is 4.45. The zero-order valence-corrected chi connectivity index (χ0v) is 13.2. The minimum absolute atomic E-state index is 0.0788. The molecule has 1 aromatic rings. The smallest absolute Gasteiger partial charge is 0.328 e. The van der Waals surface area contributed by atoms with Crippen molar-refractivity contribution in [2.45, 2.75) is 41.9 Å². The zero-order chi connectivity index (χ0) is 17.0. The summed E-state index contributed by atoms with van der Waals surface area (Å²) < 4.78 is 37.3. The van der Waals surface area contributed by atoms with E-state index in [4.69, 9.17) is 5.11 Å². The van der Waals surface area contributed by atoms with Gasteiger partial charge in [-0.15, -0.1) is 0 Å². The van der Waals surface area contributed by atoms with Crippen molar-refractivity contribution in [1.29, 1.82) is 0 Å². The molecule has 23 heavy (non-hydrogen) atoms. The van der Waals surface area contributed by atoms with Gasteiger partial charge in [-0.2, -0.15) is 0 Å². The summed E-state index contributed by atoms with van der Waals surface area (Å²) >= 11 is 0. The van der Waals surface area contributed by atoms with Crippen LogP contribution in [0.5, 0.6) is 0 Å². The Bertz CT molecular complexity index is 680. The molecule has 0 spiro atoms. The highest BCUT2D eigenvalue weighted by molar-refractivity contribution is 7.92. The van der Waals surface area contributed by atoms with Gasteiger partial charge in [-0.05, 0) is 37.1 Å². The lowest BCUT2D eigenvalue weighted by Crippen LogP contribution is -2.42. The Morgan fingerprint density at radius 1 is 1.22 bits per heavy atom. The molecule has 1 amide bonds. The first-order valence-corrected chi connectivity index (χ1v) is 8.84. The summed E-state index contributed by atoms with van der Waals surface area (Å²) in [6, 6.07) is 3.63. The summed E-state index contributed by atoms with van der Waals surface area (Å²) in [6.45, 7) is -1.23. The number of carboxylic acids is 1. The van der Waals surface area contributed by atoms with Gasteiger partial charge in [0, 0.05) is 5.56 Å². The Balaban J connectivity index is 2.13. The molecular weight excluding hydrogens is 325 g/mol. The Hall–Kier alpha value is -1.96. The number of carbonyl (C=O) groups excluding carboxylic acids is 1. The van der Waals surface area contributed by atoms with Gasteiger partial charge < -0.3 is 10.4 Å². The van der Waals surface area contributed by atoms with Crippen LogP contribution in [0.4, 0.5) is 4.39 Å². The summed E-state index contributed by atoms with van der Waals surface area (Å²) in [5.74, 6) is -2.24. The molecule has 1 aliphatic rings. The van der Waals surface area contributed by atoms with E-state index in [-0.39, 0.29) is 15.7 Å². The standard InChI is InChI=1S/C15H18FNO5S/c16-9-13(15(19)20)17-14(18)10-5-7-12(8-6-10)23(21,22)11-3-1-2-4-11/h5-8,11,13H,1-4,9H2,(H,17,18)(H,19,20). The molecule has 1 unspecified atom stereocenters. The molecule has 1 saturated carbocycles. The third kappa shape index (κ3) is 3.87. The summed E-state index contributed by atoms with van der Waals surface area (Å²) in [4.78, 5) is 22.7. The van der Waals surface area contributed by atoms with Crippen molar-refractivity contribution in [3.05, 3.63) is 29.8 Å². The molecule has 0 saturated heterocycles. The van der Waals surface area contributed by atoms with Crippen LogP contribution >= 0.6 is 0 Å². The fourth-order valence-electron chi connectivity index (χ4n) is 2.59. The molecule has 126 valence electrons. The minimum atomic E-state index is -3.41. The summed E-state index contributed by atoms with van der Waals surface area (Å²) in [5, 5.41) is 10.4. The summed E-state index contributed by atoms with van der Waals surface area (Å²) in [5.41, 5.74) is 0.0788. The van der Waals surface area contributed by atoms with Crippen LogP contribution in [0.3, 0.4) is 0 Å². The van der Waals surface area contributed by atoms with Crippen molar-refractivity contribution >= 4 is 21.7 Å². The number of aliphatic carboxylic acids is 1. The van der Waals surface area contributed by atoms with Gasteiger partial charge in [0.2, 0.25) is 0 Å². The number of amides is 1. The number of halogens is 1. The monoisotopic (exact) mass is 343 g/mol. The molecule has 0 heterocycles. The van der Waals surface area contributed by atoms with E-state index < -0.39 is 34.4 Å². The van der Waals surface area contributed by atoms with E-state index in [0.29, 0.717) is 12.8 Å². The first kappa shape index (κ1) is 17.4. The van der Waals surface area contributed by atoms with Crippen LogP contribution in [0.25, 0.3) is 0 Å². The number of carboxylic acid groups (broad SMARTS) is 1. The molecule has 0 bridgehead atoms. The molecule has 2 N–H and O–H groups in total. The number of carbonyl (C=O) groups is 2. The first-order chi connectivity index (χ1) is 10.9. The Labute approximate surface area is 133 Å². The van der Waals surface area contributed by atoms with Gasteiger partial charge in [0.1, 0.15) is 6.67 Å². The predicted octanol–water partition coefficient (Wildman–Crippen LogP) is 1.56. The lowest BCUT2D eigenvalue weighted by molar-refractivity contribution is -0.139. The quantitative estimate of drug-likeness (QED) is 0.816. The lowest BCUT2D eigenvalue weighted by Gasteiger charge is -2.13. The Kier molecular flexibility index (Phi) is 5.35. The van der Waals surface area contributed by atoms with Crippen molar-refractivity contribution in [2.75, 3.05) is 6.67 Å². The SMILES string of the molecule is O=C(NC(CF)C(=O)O)c1ccc(S(=O)(=O)C2CCCC2)cc1. The van der Waals surface area contributed by atoms with Gasteiger partial charge >= 0.3 is 5.97 Å². The van der Waals surface area contributed by atoms with E-state index in [2.05, 4.69) is 0 Å². The van der Waals surface area contributed by atoms with Crippen LogP contribution in [0.15, 0.2) is 29.2 Å². The third-order valence-electron chi connectivity index (χ3n) is 3.94. The number of hydrogen-bond acceptors (Lipinski definition) is 4. The number of nitrogens with one attached hydrogen (secondary N) is 1. The highest BCUT2D eigenvalue weighted by atomic mass is 32.2. The van der Waals surface area contributed by atoms with Crippen molar-refractivity contribution in [3.8, 4) is 0 Å². The molecule has 1 aliphatic carbocycles. The highest BCUT2D eigenvalue weighted by Crippen LogP contribution is 2.29. The Morgan fingerprint density at radius 3 is 2.26 bits per heavy atom. The molecular formula is C15H18FNO5S. The highest BCUT2D eigenvalue weighted by Gasteiger charge is 2.30. The molecule has 2 rings (SSSR count). The van der Waals surface area contributed by atoms with E-state index in [1.807, 2.05) is 5.32 Å². The Morgan fingerprint density at radius 2 is 1.78 bits per heavy atom. The van der Waals surface area contributed by atoms with Crippen molar-refractivity contribution in [3.63, 3.8) is 0 Å². The van der Waals surface area contributed by atoms with Crippen molar-refractivity contribution in [1.82, 2.24) is 5.32 Å². The number of hydrogen-bond donors (Lipinski definition) is 2. The largest absolute Gasteiger partial charge is 0.480 e. The van der Waals surface area contributed by atoms with Crippen LogP contribution in [0.2, 0.25) is 0 Å². The van der Waals surface area contributed by atoms with E-state index in [9.17, 15) is 22.4 Å². The fraction of sp³-hybridized carbons (Fsp3) is 0.467. The van der Waals surface area contributed by atoms with Gasteiger partial charge in [-0.3, -0.25) is 4.79 Å². The van der Waals surface area contributed by atoms with Crippen LogP contribution in [-0.4, -0.2) is 43.4 Å². The number of alkyl halides is 1. The third-order valence-corrected chi connectivity index (χ3v) is 6.22. The molecule has 1 aromatic carbocycles. The van der Waals surface area contributed by atoms with Gasteiger partial charge in [0.25, 0.3) is 5.91 Å². The average Bonchev–Trinajstić information content (AvgIpc) is 3.07. The predicted molar refractivity (Wildman–Crippen MR) is 80.7 cm³/mol. The molecule has 1 fully saturated rings. The second-order valence-corrected chi connectivity index (χ2v) is 7.72. The van der Waals surface area contributed by atoms with E-state index in [1.54, 1.807) is 0 Å². The maximum atomic E-state index is 12.5. The average molecular weight is 343 g/mol. The number of benzene rings is 1. The maximum Gasteiger partial charge on any atom is 0.328 e. The van der Waals surface area contributed by atoms with E-state index >= 15 is 0 Å². The van der Waals surface area contributed by atoms with Crippen LogP contribution in [0.1, 0.15) is 36.0 Å². The molecule has 0 radical (unpaired) electrons. The molecule has 0 aromatic heterocycles. The second kappa shape index (κ2) is 7.08. The van der Waals surface area contributed by atoms with Crippen LogP contribution < -0.4 is 5.32 Å². The van der Waals surface area contributed by atoms with Gasteiger partial charge in [-0.25, -0.2) is 17.6 Å². The minimum Gasteiger partial charge on any atom is -0.480 e. The molecule has 8 heteroatoms. The van der Waals surface area contributed by atoms with Crippen LogP contribution in [0, 0.1) is 0 Å². The second-order valence-electron chi connectivity index (χ2n) is 5.49. The number of sulfone groups is 1. The van der Waals surface area contributed by atoms with Gasteiger partial charge in [0.15, 0.2) is 15.9 Å². The van der Waals surface area contributed by atoms with Gasteiger partial charge in [0.05, 0.1) is 10.1 Å². The first-order valence-electron chi connectivity index (χ1n) is 7.30. The number of rotatable bonds is 6. The van der Waals surface area contributed by atoms with Crippen molar-refractivity contribution < 1.29 is 27.5 Å². The van der Waals surface area contributed by atoms with E-state index in [0.717, 1.165) is 12.8 Å². The van der Waals surface area contributed by atoms with Crippen molar-refractivity contribution in [2.24, 2.45) is 0 Å². The van der Waals surface area contributed by atoms with Gasteiger partial charge in [-0.1, -0.05) is 12.8 Å².